The van der Waals surface area contributed by atoms with E-state index in [9.17, 15) is 4.39 Å². The van der Waals surface area contributed by atoms with E-state index >= 15 is 0 Å². The van der Waals surface area contributed by atoms with Gasteiger partial charge >= 0.3 is 0 Å². The Labute approximate surface area is 95.2 Å². The summed E-state index contributed by atoms with van der Waals surface area (Å²) in [4.78, 5) is 0.541. The number of aliphatic hydroxyl groups is 1. The zero-order valence-corrected chi connectivity index (χ0v) is 10.1. The summed E-state index contributed by atoms with van der Waals surface area (Å²) in [6.07, 6.45) is 0. The maximum atomic E-state index is 13.3. The molecule has 0 aliphatic rings. The van der Waals surface area contributed by atoms with Crippen LogP contribution in [0.15, 0.2) is 21.5 Å². The highest BCUT2D eigenvalue weighted by Gasteiger charge is 2.05. The zero-order valence-electron chi connectivity index (χ0n) is 7.68. The number of benzene rings is 1. The molecule has 0 saturated heterocycles. The van der Waals surface area contributed by atoms with Crippen LogP contribution in [0.4, 0.5) is 4.39 Å². The molecule has 0 saturated carbocycles. The maximum Gasteiger partial charge on any atom is 0.139 e. The second-order valence-corrected chi connectivity index (χ2v) is 4.54. The summed E-state index contributed by atoms with van der Waals surface area (Å²) in [6.45, 7) is 2.39. The average Bonchev–Trinajstić information content (AvgIpc) is 2.14. The molecular formula is C9H11BrFNOS. The number of halogens is 2. The molecule has 0 fully saturated rings. The number of hydrogen-bond donors (Lipinski definition) is 2. The molecule has 0 bridgehead atoms. The molecular weight excluding hydrogens is 269 g/mol. The lowest BCUT2D eigenvalue weighted by atomic mass is 10.2. The number of hydrogen-bond acceptors (Lipinski definition) is 3. The molecule has 0 atom stereocenters. The van der Waals surface area contributed by atoms with Gasteiger partial charge in [-0.25, -0.2) is 4.39 Å². The van der Waals surface area contributed by atoms with Gasteiger partial charge in [-0.1, -0.05) is 15.9 Å². The lowest BCUT2D eigenvalue weighted by Gasteiger charge is -2.06. The van der Waals surface area contributed by atoms with E-state index in [1.165, 1.54) is 18.0 Å². The Morgan fingerprint density at radius 2 is 2.29 bits per heavy atom. The van der Waals surface area contributed by atoms with Gasteiger partial charge in [-0.3, -0.25) is 4.72 Å². The van der Waals surface area contributed by atoms with Crippen molar-refractivity contribution in [3.8, 4) is 0 Å². The van der Waals surface area contributed by atoms with E-state index in [4.69, 9.17) is 5.11 Å². The highest BCUT2D eigenvalue weighted by atomic mass is 79.9. The molecule has 0 aliphatic carbocycles. The lowest BCUT2D eigenvalue weighted by Crippen LogP contribution is -2.09. The van der Waals surface area contributed by atoms with Gasteiger partial charge in [0.1, 0.15) is 5.82 Å². The fraction of sp³-hybridized carbons (Fsp3) is 0.333. The van der Waals surface area contributed by atoms with Crippen molar-refractivity contribution in [1.82, 2.24) is 4.72 Å². The standard InChI is InChI=1S/C9H11BrFNOS/c1-6-4-9(14-12-2-3-13)8(11)5-7(6)10/h4-5,12-13H,2-3H2,1H3. The lowest BCUT2D eigenvalue weighted by molar-refractivity contribution is 0.302. The molecule has 0 unspecified atom stereocenters. The molecule has 2 nitrogen and oxygen atoms in total. The predicted molar refractivity (Wildman–Crippen MR) is 59.8 cm³/mol. The van der Waals surface area contributed by atoms with E-state index in [0.29, 0.717) is 11.4 Å². The van der Waals surface area contributed by atoms with Crippen molar-refractivity contribution in [2.24, 2.45) is 0 Å². The van der Waals surface area contributed by atoms with Crippen LogP contribution >= 0.6 is 27.9 Å². The number of aryl methyl sites for hydroxylation is 1. The minimum absolute atomic E-state index is 0.0458. The van der Waals surface area contributed by atoms with Gasteiger partial charge in [0, 0.05) is 11.0 Å². The fourth-order valence-electron chi connectivity index (χ4n) is 0.883. The summed E-state index contributed by atoms with van der Waals surface area (Å²) in [5.74, 6) is -0.266. The van der Waals surface area contributed by atoms with Crippen molar-refractivity contribution >= 4 is 27.9 Å². The maximum absolute atomic E-state index is 13.3. The van der Waals surface area contributed by atoms with E-state index < -0.39 is 0 Å². The second kappa shape index (κ2) is 5.70. The summed E-state index contributed by atoms with van der Waals surface area (Å²) in [6, 6.07) is 3.20. The monoisotopic (exact) mass is 279 g/mol. The van der Waals surface area contributed by atoms with Crippen LogP contribution in [0.25, 0.3) is 0 Å². The number of rotatable bonds is 4. The largest absolute Gasteiger partial charge is 0.395 e. The van der Waals surface area contributed by atoms with Crippen molar-refractivity contribution in [3.05, 3.63) is 28.0 Å². The van der Waals surface area contributed by atoms with Crippen LogP contribution in [0, 0.1) is 12.7 Å². The van der Waals surface area contributed by atoms with Gasteiger partial charge < -0.3 is 5.11 Å². The van der Waals surface area contributed by atoms with E-state index in [0.717, 1.165) is 10.0 Å². The molecule has 1 aromatic carbocycles. The summed E-state index contributed by atoms with van der Waals surface area (Å²) in [5.41, 5.74) is 0.986. The van der Waals surface area contributed by atoms with Gasteiger partial charge in [0.25, 0.3) is 0 Å². The third kappa shape index (κ3) is 3.24. The summed E-state index contributed by atoms with van der Waals surface area (Å²) in [5, 5.41) is 8.54. The van der Waals surface area contributed by atoms with Crippen molar-refractivity contribution < 1.29 is 9.50 Å². The molecule has 0 aromatic heterocycles. The van der Waals surface area contributed by atoms with Crippen LogP contribution in [-0.2, 0) is 0 Å². The number of nitrogens with one attached hydrogen (secondary N) is 1. The molecule has 14 heavy (non-hydrogen) atoms. The Hall–Kier alpha value is -0.100. The smallest absolute Gasteiger partial charge is 0.139 e. The first-order valence-corrected chi connectivity index (χ1v) is 5.72. The summed E-state index contributed by atoms with van der Waals surface area (Å²) >= 11 is 4.44. The average molecular weight is 280 g/mol. The van der Waals surface area contributed by atoms with Gasteiger partial charge in [-0.15, -0.1) is 0 Å². The molecule has 0 radical (unpaired) electrons. The van der Waals surface area contributed by atoms with Crippen LogP contribution in [0.2, 0.25) is 0 Å². The Morgan fingerprint density at radius 3 is 2.93 bits per heavy atom. The molecule has 1 aromatic rings. The van der Waals surface area contributed by atoms with E-state index in [1.54, 1.807) is 6.07 Å². The SMILES string of the molecule is Cc1cc(SNCCO)c(F)cc1Br. The molecule has 0 heterocycles. The van der Waals surface area contributed by atoms with Gasteiger partial charge in [0.15, 0.2) is 0 Å². The highest BCUT2D eigenvalue weighted by molar-refractivity contribution is 9.10. The number of aliphatic hydroxyl groups excluding tert-OH is 1. The van der Waals surface area contributed by atoms with Crippen LogP contribution in [0.1, 0.15) is 5.56 Å². The van der Waals surface area contributed by atoms with Crippen molar-refractivity contribution in [2.45, 2.75) is 11.8 Å². The molecule has 78 valence electrons. The van der Waals surface area contributed by atoms with Gasteiger partial charge in [0.2, 0.25) is 0 Å². The van der Waals surface area contributed by atoms with Gasteiger partial charge in [-0.05, 0) is 36.6 Å². The van der Waals surface area contributed by atoms with Crippen LogP contribution in [-0.4, -0.2) is 18.3 Å². The molecule has 0 aliphatic heterocycles. The van der Waals surface area contributed by atoms with Gasteiger partial charge in [0.05, 0.1) is 11.5 Å². The first-order valence-electron chi connectivity index (χ1n) is 4.11. The highest BCUT2D eigenvalue weighted by Crippen LogP contribution is 2.25. The summed E-state index contributed by atoms with van der Waals surface area (Å²) in [7, 11) is 0. The minimum Gasteiger partial charge on any atom is -0.395 e. The first-order chi connectivity index (χ1) is 6.65. The zero-order chi connectivity index (χ0) is 10.6. The van der Waals surface area contributed by atoms with E-state index in [1.807, 2.05) is 6.92 Å². The fourth-order valence-corrected chi connectivity index (χ4v) is 1.94. The minimum atomic E-state index is -0.266. The van der Waals surface area contributed by atoms with Crippen LogP contribution < -0.4 is 4.72 Å². The van der Waals surface area contributed by atoms with Crippen molar-refractivity contribution in [1.29, 1.82) is 0 Å². The summed E-state index contributed by atoms with van der Waals surface area (Å²) < 4.78 is 16.9. The molecule has 0 spiro atoms. The van der Waals surface area contributed by atoms with E-state index in [-0.39, 0.29) is 12.4 Å². The first kappa shape index (κ1) is 12.0. The van der Waals surface area contributed by atoms with Crippen LogP contribution in [0.3, 0.4) is 0 Å². The molecule has 1 rings (SSSR count). The Morgan fingerprint density at radius 1 is 1.57 bits per heavy atom. The Bertz CT molecular complexity index is 322. The van der Waals surface area contributed by atoms with Crippen LogP contribution in [0.5, 0.6) is 0 Å². The van der Waals surface area contributed by atoms with E-state index in [2.05, 4.69) is 20.7 Å². The third-order valence-corrected chi connectivity index (χ3v) is 3.34. The topological polar surface area (TPSA) is 32.3 Å². The molecule has 2 N–H and O–H groups in total. The molecule has 0 amide bonds. The Balaban J connectivity index is 2.72. The second-order valence-electron chi connectivity index (χ2n) is 2.75. The Kier molecular flexibility index (Phi) is 4.88. The van der Waals surface area contributed by atoms with Crippen molar-refractivity contribution in [3.63, 3.8) is 0 Å². The predicted octanol–water partition coefficient (Wildman–Crippen LogP) is 2.49. The quantitative estimate of drug-likeness (QED) is 0.656. The third-order valence-electron chi connectivity index (χ3n) is 1.61. The molecule has 5 heteroatoms. The van der Waals surface area contributed by atoms with Crippen molar-refractivity contribution in [2.75, 3.05) is 13.2 Å². The van der Waals surface area contributed by atoms with Gasteiger partial charge in [-0.2, -0.15) is 0 Å². The normalized spacial score (nSPS) is 10.6.